The number of aliphatic carboxylic acids is 1. The van der Waals surface area contributed by atoms with Crippen LogP contribution in [-0.2, 0) is 9.59 Å². The fourth-order valence-electron chi connectivity index (χ4n) is 4.13. The largest absolute Gasteiger partial charge is 0.490 e. The Morgan fingerprint density at radius 3 is 2.00 bits per heavy atom. The van der Waals surface area contributed by atoms with Crippen molar-refractivity contribution >= 4 is 40.8 Å². The summed E-state index contributed by atoms with van der Waals surface area (Å²) in [4.78, 5) is 49.7. The number of nitrogens with zero attached hydrogens (tertiary/aromatic N) is 2. The number of alkyl halides is 3. The quantitative estimate of drug-likeness (QED) is 0.290. The van der Waals surface area contributed by atoms with Crippen LogP contribution in [0.4, 0.5) is 34.6 Å². The summed E-state index contributed by atoms with van der Waals surface area (Å²) < 4.78 is 44.8. The summed E-state index contributed by atoms with van der Waals surface area (Å²) in [6.45, 7) is 4.30. The van der Waals surface area contributed by atoms with Crippen LogP contribution in [0.1, 0.15) is 26.3 Å². The van der Waals surface area contributed by atoms with E-state index in [-0.39, 0.29) is 29.7 Å². The van der Waals surface area contributed by atoms with Gasteiger partial charge in [0.1, 0.15) is 5.82 Å². The van der Waals surface area contributed by atoms with Gasteiger partial charge in [0, 0.05) is 43.1 Å². The van der Waals surface area contributed by atoms with Crippen LogP contribution in [0.15, 0.2) is 66.7 Å². The maximum Gasteiger partial charge on any atom is 0.490 e. The van der Waals surface area contributed by atoms with Crippen LogP contribution in [0.5, 0.6) is 0 Å². The zero-order valence-electron chi connectivity index (χ0n) is 22.8. The first-order chi connectivity index (χ1) is 20.2. The van der Waals surface area contributed by atoms with Crippen molar-refractivity contribution in [2.24, 2.45) is 0 Å². The highest BCUT2D eigenvalue weighted by Gasteiger charge is 2.38. The first-order valence-corrected chi connectivity index (χ1v) is 12.8. The van der Waals surface area contributed by atoms with E-state index in [0.29, 0.717) is 48.8 Å². The third kappa shape index (κ3) is 9.81. The number of hydrogen-bond acceptors (Lipinski definition) is 6. The molecule has 2 amide bonds. The van der Waals surface area contributed by atoms with Gasteiger partial charge in [0.25, 0.3) is 5.91 Å². The minimum Gasteiger partial charge on any atom is -0.478 e. The molecule has 1 saturated heterocycles. The summed E-state index contributed by atoms with van der Waals surface area (Å²) in [5.41, 5.74) is 3.04. The van der Waals surface area contributed by atoms with E-state index in [4.69, 9.17) is 9.90 Å². The maximum atomic E-state index is 13.0. The number of benzene rings is 3. The summed E-state index contributed by atoms with van der Waals surface area (Å²) in [5, 5.41) is 22.5. The number of piperazine rings is 1. The molecule has 0 radical (unpaired) electrons. The number of nitrogens with one attached hydrogen (secondary N) is 2. The van der Waals surface area contributed by atoms with Crippen molar-refractivity contribution in [3.8, 4) is 0 Å². The lowest BCUT2D eigenvalue weighted by molar-refractivity contribution is -0.192. The van der Waals surface area contributed by atoms with Crippen molar-refractivity contribution in [2.45, 2.75) is 13.1 Å². The van der Waals surface area contributed by atoms with Crippen LogP contribution < -0.4 is 15.5 Å². The monoisotopic (exact) mass is 604 g/mol. The maximum absolute atomic E-state index is 13.0. The highest BCUT2D eigenvalue weighted by molar-refractivity contribution is 6.05. The van der Waals surface area contributed by atoms with Crippen LogP contribution in [0, 0.1) is 12.7 Å². The van der Waals surface area contributed by atoms with Crippen LogP contribution in [0.3, 0.4) is 0 Å². The van der Waals surface area contributed by atoms with E-state index in [1.807, 2.05) is 22.8 Å². The van der Waals surface area contributed by atoms with Gasteiger partial charge < -0.3 is 25.7 Å². The number of anilines is 3. The van der Waals surface area contributed by atoms with Gasteiger partial charge in [-0.05, 0) is 61.5 Å². The average molecular weight is 605 g/mol. The molecule has 1 aliphatic heterocycles. The van der Waals surface area contributed by atoms with Gasteiger partial charge in [0.2, 0.25) is 5.91 Å². The molecular weight excluding hydrogens is 576 g/mol. The van der Waals surface area contributed by atoms with Crippen LogP contribution >= 0.6 is 0 Å². The van der Waals surface area contributed by atoms with E-state index in [9.17, 15) is 37.1 Å². The van der Waals surface area contributed by atoms with E-state index in [0.717, 1.165) is 5.56 Å². The predicted octanol–water partition coefficient (Wildman–Crippen LogP) is 4.48. The van der Waals surface area contributed by atoms with Gasteiger partial charge in [-0.15, -0.1) is 0 Å². The van der Waals surface area contributed by atoms with E-state index >= 15 is 0 Å². The van der Waals surface area contributed by atoms with Gasteiger partial charge in [-0.1, -0.05) is 17.7 Å². The molecule has 0 unspecified atom stereocenters. The zero-order valence-corrected chi connectivity index (χ0v) is 22.8. The number of carbonyl (C=O) groups is 4. The minimum absolute atomic E-state index is 0.0968. The van der Waals surface area contributed by atoms with Gasteiger partial charge in [0.15, 0.2) is 0 Å². The van der Waals surface area contributed by atoms with Crippen LogP contribution in [0.2, 0.25) is 0 Å². The molecule has 0 atom stereocenters. The van der Waals surface area contributed by atoms with Crippen molar-refractivity contribution in [3.05, 3.63) is 89.2 Å². The van der Waals surface area contributed by atoms with Gasteiger partial charge >= 0.3 is 18.1 Å². The standard InChI is InChI=1S/C27H27FN4O4.C2HF3O2/c1-18-3-2-4-19(15-18)26(34)30-22-9-10-24(23(16-22)27(35)36)32-13-11-31(12-14-32)17-25(33)29-21-7-5-20(28)6-8-21;3-2(4,5)1(6)7/h2-10,15-16H,11-14,17H2,1H3,(H,29,33)(H,30,34)(H,35,36);(H,6,7). The Kier molecular flexibility index (Phi) is 10.8. The molecule has 1 aliphatic rings. The Labute approximate surface area is 243 Å². The molecule has 228 valence electrons. The third-order valence-electron chi connectivity index (χ3n) is 6.22. The SMILES string of the molecule is Cc1cccc(C(=O)Nc2ccc(N3CCN(CC(=O)Nc4ccc(F)cc4)CC3)c(C(=O)O)c2)c1.O=C(O)C(F)(F)F. The molecule has 14 heteroatoms. The third-order valence-corrected chi connectivity index (χ3v) is 6.22. The second kappa shape index (κ2) is 14.3. The number of amides is 2. The van der Waals surface area contributed by atoms with Crippen molar-refractivity contribution in [1.82, 2.24) is 4.90 Å². The Morgan fingerprint density at radius 1 is 0.837 bits per heavy atom. The van der Waals surface area contributed by atoms with Crippen LogP contribution in [-0.4, -0.2) is 77.8 Å². The molecule has 4 rings (SSSR count). The average Bonchev–Trinajstić information content (AvgIpc) is 2.94. The number of carboxylic acid groups (broad SMARTS) is 2. The summed E-state index contributed by atoms with van der Waals surface area (Å²) in [7, 11) is 0. The molecule has 0 aromatic heterocycles. The molecule has 3 aromatic carbocycles. The molecule has 0 bridgehead atoms. The number of aryl methyl sites for hydroxylation is 1. The fraction of sp³-hybridized carbons (Fsp3) is 0.241. The molecule has 0 saturated carbocycles. The van der Waals surface area contributed by atoms with Crippen LogP contribution in [0.25, 0.3) is 0 Å². The van der Waals surface area contributed by atoms with E-state index in [1.165, 1.54) is 30.3 Å². The first kappa shape index (κ1) is 32.5. The van der Waals surface area contributed by atoms with Crippen molar-refractivity contribution < 1.29 is 47.0 Å². The molecule has 3 aromatic rings. The molecule has 1 heterocycles. The molecule has 1 fully saturated rings. The predicted molar refractivity (Wildman–Crippen MR) is 150 cm³/mol. The first-order valence-electron chi connectivity index (χ1n) is 12.8. The molecular formula is C29H28F4N4O6. The molecule has 43 heavy (non-hydrogen) atoms. The smallest absolute Gasteiger partial charge is 0.478 e. The lowest BCUT2D eigenvalue weighted by Gasteiger charge is -2.36. The molecule has 4 N–H and O–H groups in total. The Hall–Kier alpha value is -4.98. The summed E-state index contributed by atoms with van der Waals surface area (Å²) in [6.07, 6.45) is -5.08. The highest BCUT2D eigenvalue weighted by Crippen LogP contribution is 2.26. The number of halogens is 4. The lowest BCUT2D eigenvalue weighted by Crippen LogP contribution is -2.49. The van der Waals surface area contributed by atoms with Crippen molar-refractivity contribution in [2.75, 3.05) is 48.3 Å². The van der Waals surface area contributed by atoms with Gasteiger partial charge in [-0.2, -0.15) is 13.2 Å². The summed E-state index contributed by atoms with van der Waals surface area (Å²) in [6, 6.07) is 17.6. The zero-order chi connectivity index (χ0) is 31.7. The highest BCUT2D eigenvalue weighted by atomic mass is 19.4. The number of carboxylic acids is 2. The number of rotatable bonds is 7. The summed E-state index contributed by atoms with van der Waals surface area (Å²) in [5.74, 6) is -4.72. The molecule has 10 nitrogen and oxygen atoms in total. The molecule has 0 aliphatic carbocycles. The fourth-order valence-corrected chi connectivity index (χ4v) is 4.13. The second-order valence-electron chi connectivity index (χ2n) is 9.48. The van der Waals surface area contributed by atoms with E-state index < -0.39 is 18.1 Å². The van der Waals surface area contributed by atoms with Gasteiger partial charge in [-0.25, -0.2) is 14.0 Å². The van der Waals surface area contributed by atoms with E-state index in [1.54, 1.807) is 30.3 Å². The topological polar surface area (TPSA) is 139 Å². The number of hydrogen-bond donors (Lipinski definition) is 4. The van der Waals surface area contributed by atoms with Crippen molar-refractivity contribution in [3.63, 3.8) is 0 Å². The summed E-state index contributed by atoms with van der Waals surface area (Å²) >= 11 is 0. The normalized spacial score (nSPS) is 13.4. The minimum atomic E-state index is -5.08. The molecule has 0 spiro atoms. The van der Waals surface area contributed by atoms with Crippen molar-refractivity contribution in [1.29, 1.82) is 0 Å². The lowest BCUT2D eigenvalue weighted by atomic mass is 10.1. The van der Waals surface area contributed by atoms with E-state index in [2.05, 4.69) is 10.6 Å². The van der Waals surface area contributed by atoms with Gasteiger partial charge in [0.05, 0.1) is 17.8 Å². The second-order valence-corrected chi connectivity index (χ2v) is 9.48. The number of aromatic carboxylic acids is 1. The van der Waals surface area contributed by atoms with Gasteiger partial charge in [-0.3, -0.25) is 14.5 Å². The Balaban J connectivity index is 0.000000646. The number of carbonyl (C=O) groups excluding carboxylic acids is 2. The Morgan fingerprint density at radius 2 is 1.44 bits per heavy atom. The Bertz CT molecular complexity index is 1470.